The first-order valence-corrected chi connectivity index (χ1v) is 7.95. The van der Waals surface area contributed by atoms with Crippen LogP contribution in [-0.4, -0.2) is 12.1 Å². The quantitative estimate of drug-likeness (QED) is 0.448. The van der Waals surface area contributed by atoms with Crippen molar-refractivity contribution in [1.29, 1.82) is 0 Å². The molecule has 0 bridgehead atoms. The summed E-state index contributed by atoms with van der Waals surface area (Å²) in [7, 11) is 0. The first-order valence-electron chi connectivity index (χ1n) is 7.95. The van der Waals surface area contributed by atoms with Crippen LogP contribution >= 0.6 is 0 Å². The lowest BCUT2D eigenvalue weighted by atomic mass is 10.1. The second-order valence-electron chi connectivity index (χ2n) is 5.51. The van der Waals surface area contributed by atoms with Gasteiger partial charge in [0.05, 0.1) is 0 Å². The first-order chi connectivity index (χ1) is 9.72. The number of hydrogen-bond acceptors (Lipinski definition) is 2. The Labute approximate surface area is 123 Å². The van der Waals surface area contributed by atoms with Crippen molar-refractivity contribution < 1.29 is 9.53 Å². The number of esters is 1. The van der Waals surface area contributed by atoms with Crippen molar-refractivity contribution in [1.82, 2.24) is 0 Å². The molecule has 1 rings (SSSR count). The summed E-state index contributed by atoms with van der Waals surface area (Å²) in [6, 6.07) is 10.2. The van der Waals surface area contributed by atoms with E-state index in [2.05, 4.69) is 19.1 Å². The van der Waals surface area contributed by atoms with Gasteiger partial charge >= 0.3 is 5.97 Å². The summed E-state index contributed by atoms with van der Waals surface area (Å²) in [5.41, 5.74) is 1.22. The Balaban J connectivity index is 2.09. The predicted molar refractivity (Wildman–Crippen MR) is 83.7 cm³/mol. The van der Waals surface area contributed by atoms with E-state index in [0.29, 0.717) is 6.42 Å². The lowest BCUT2D eigenvalue weighted by molar-refractivity contribution is -0.148. The van der Waals surface area contributed by atoms with Gasteiger partial charge in [0, 0.05) is 12.8 Å². The van der Waals surface area contributed by atoms with Gasteiger partial charge in [0.25, 0.3) is 0 Å². The highest BCUT2D eigenvalue weighted by molar-refractivity contribution is 5.69. The maximum atomic E-state index is 11.7. The van der Waals surface area contributed by atoms with Crippen LogP contribution in [0, 0.1) is 0 Å². The lowest BCUT2D eigenvalue weighted by Gasteiger charge is -2.13. The fourth-order valence-electron chi connectivity index (χ4n) is 2.32. The molecule has 1 aromatic carbocycles. The Morgan fingerprint density at radius 1 is 1.05 bits per heavy atom. The van der Waals surface area contributed by atoms with E-state index in [4.69, 9.17) is 4.74 Å². The highest BCUT2D eigenvalue weighted by atomic mass is 16.5. The van der Waals surface area contributed by atoms with Gasteiger partial charge in [-0.1, -0.05) is 69.4 Å². The Hall–Kier alpha value is -1.31. The average molecular weight is 276 g/mol. The summed E-state index contributed by atoms with van der Waals surface area (Å²) < 4.78 is 5.44. The third-order valence-electron chi connectivity index (χ3n) is 3.43. The number of rotatable bonds is 10. The minimum absolute atomic E-state index is 0.0370. The maximum Gasteiger partial charge on any atom is 0.306 e. The summed E-state index contributed by atoms with van der Waals surface area (Å²) in [5, 5.41) is 0. The molecule has 0 N–H and O–H groups in total. The summed E-state index contributed by atoms with van der Waals surface area (Å²) in [5.74, 6) is -0.0519. The van der Waals surface area contributed by atoms with Gasteiger partial charge in [-0.05, 0) is 18.9 Å². The molecule has 0 aliphatic heterocycles. The second kappa shape index (κ2) is 10.5. The topological polar surface area (TPSA) is 26.3 Å². The molecule has 0 spiro atoms. The summed E-state index contributed by atoms with van der Waals surface area (Å²) in [6.07, 6.45) is 8.51. The van der Waals surface area contributed by atoms with Gasteiger partial charge in [-0.15, -0.1) is 0 Å². The second-order valence-corrected chi connectivity index (χ2v) is 5.51. The van der Waals surface area contributed by atoms with Crippen molar-refractivity contribution in [3.8, 4) is 0 Å². The number of carbonyl (C=O) groups excluding carboxylic acids is 1. The number of ether oxygens (including phenoxy) is 1. The van der Waals surface area contributed by atoms with Crippen LogP contribution in [0.5, 0.6) is 0 Å². The standard InChI is InChI=1S/C18H28O2/c1-3-4-5-6-7-11-14-18(19)20-16(2)15-17-12-9-8-10-13-17/h8-10,12-13,16H,3-7,11,14-15H2,1-2H3/t16-/m1/s1. The minimum Gasteiger partial charge on any atom is -0.462 e. The van der Waals surface area contributed by atoms with E-state index in [0.717, 1.165) is 19.3 Å². The van der Waals surface area contributed by atoms with Crippen molar-refractivity contribution in [3.05, 3.63) is 35.9 Å². The maximum absolute atomic E-state index is 11.7. The fourth-order valence-corrected chi connectivity index (χ4v) is 2.32. The molecule has 0 saturated heterocycles. The van der Waals surface area contributed by atoms with Crippen molar-refractivity contribution in [2.75, 3.05) is 0 Å². The number of carbonyl (C=O) groups is 1. The molecule has 1 atom stereocenters. The summed E-state index contributed by atoms with van der Waals surface area (Å²) >= 11 is 0. The molecular formula is C18H28O2. The van der Waals surface area contributed by atoms with Crippen molar-refractivity contribution in [2.45, 2.75) is 71.3 Å². The van der Waals surface area contributed by atoms with E-state index in [-0.39, 0.29) is 12.1 Å². The van der Waals surface area contributed by atoms with Gasteiger partial charge in [-0.25, -0.2) is 0 Å². The molecule has 0 aliphatic rings. The zero-order valence-electron chi connectivity index (χ0n) is 12.9. The zero-order chi connectivity index (χ0) is 14.6. The SMILES string of the molecule is CCCCCCCCC(=O)O[C@H](C)Cc1ccccc1. The highest BCUT2D eigenvalue weighted by Crippen LogP contribution is 2.10. The van der Waals surface area contributed by atoms with Crippen molar-refractivity contribution in [3.63, 3.8) is 0 Å². The molecule has 0 fully saturated rings. The van der Waals surface area contributed by atoms with E-state index in [1.807, 2.05) is 25.1 Å². The molecule has 2 heteroatoms. The Morgan fingerprint density at radius 3 is 2.40 bits per heavy atom. The molecule has 0 aliphatic carbocycles. The monoisotopic (exact) mass is 276 g/mol. The molecule has 0 amide bonds. The predicted octanol–water partition coefficient (Wildman–Crippen LogP) is 4.91. The van der Waals surface area contributed by atoms with Gasteiger partial charge in [-0.2, -0.15) is 0 Å². The molecule has 112 valence electrons. The van der Waals surface area contributed by atoms with Gasteiger partial charge in [0.2, 0.25) is 0 Å². The lowest BCUT2D eigenvalue weighted by Crippen LogP contribution is -2.17. The third kappa shape index (κ3) is 7.98. The van der Waals surface area contributed by atoms with Gasteiger partial charge < -0.3 is 4.74 Å². The van der Waals surface area contributed by atoms with Crippen molar-refractivity contribution in [2.24, 2.45) is 0 Å². The van der Waals surface area contributed by atoms with E-state index in [1.165, 1.54) is 31.2 Å². The van der Waals surface area contributed by atoms with E-state index < -0.39 is 0 Å². The van der Waals surface area contributed by atoms with Crippen LogP contribution in [-0.2, 0) is 16.0 Å². The first kappa shape index (κ1) is 16.7. The Morgan fingerprint density at radius 2 is 1.70 bits per heavy atom. The largest absolute Gasteiger partial charge is 0.462 e. The molecule has 2 nitrogen and oxygen atoms in total. The van der Waals surface area contributed by atoms with Crippen LogP contribution in [0.4, 0.5) is 0 Å². The zero-order valence-corrected chi connectivity index (χ0v) is 12.9. The number of hydrogen-bond donors (Lipinski definition) is 0. The normalized spacial score (nSPS) is 12.1. The molecule has 0 unspecified atom stereocenters. The Bertz CT molecular complexity index is 359. The third-order valence-corrected chi connectivity index (χ3v) is 3.43. The summed E-state index contributed by atoms with van der Waals surface area (Å²) in [6.45, 7) is 4.18. The molecule has 20 heavy (non-hydrogen) atoms. The highest BCUT2D eigenvalue weighted by Gasteiger charge is 2.09. The van der Waals surface area contributed by atoms with Gasteiger partial charge in [0.1, 0.15) is 6.10 Å². The summed E-state index contributed by atoms with van der Waals surface area (Å²) in [4.78, 5) is 11.7. The molecule has 0 radical (unpaired) electrons. The van der Waals surface area contributed by atoms with Crippen LogP contribution in [0.25, 0.3) is 0 Å². The average Bonchev–Trinajstić information content (AvgIpc) is 2.43. The van der Waals surface area contributed by atoms with Crippen LogP contribution < -0.4 is 0 Å². The fraction of sp³-hybridized carbons (Fsp3) is 0.611. The number of unbranched alkanes of at least 4 members (excludes halogenated alkanes) is 5. The van der Waals surface area contributed by atoms with E-state index in [9.17, 15) is 4.79 Å². The Kier molecular flexibility index (Phi) is 8.77. The molecular weight excluding hydrogens is 248 g/mol. The van der Waals surface area contributed by atoms with Crippen molar-refractivity contribution >= 4 is 5.97 Å². The van der Waals surface area contributed by atoms with Gasteiger partial charge in [-0.3, -0.25) is 4.79 Å². The van der Waals surface area contributed by atoms with Gasteiger partial charge in [0.15, 0.2) is 0 Å². The molecule has 0 saturated carbocycles. The molecule has 0 aromatic heterocycles. The van der Waals surface area contributed by atoms with E-state index in [1.54, 1.807) is 0 Å². The number of benzene rings is 1. The van der Waals surface area contributed by atoms with Crippen LogP contribution in [0.1, 0.15) is 64.4 Å². The van der Waals surface area contributed by atoms with Crippen LogP contribution in [0.2, 0.25) is 0 Å². The van der Waals surface area contributed by atoms with Crippen LogP contribution in [0.3, 0.4) is 0 Å². The smallest absolute Gasteiger partial charge is 0.306 e. The van der Waals surface area contributed by atoms with Crippen LogP contribution in [0.15, 0.2) is 30.3 Å². The minimum atomic E-state index is -0.0519. The van der Waals surface area contributed by atoms with E-state index >= 15 is 0 Å². The molecule has 1 aromatic rings. The molecule has 0 heterocycles.